The summed E-state index contributed by atoms with van der Waals surface area (Å²) in [5, 5.41) is 7.00. The molecule has 0 aromatic carbocycles. The van der Waals surface area contributed by atoms with Crippen LogP contribution < -0.4 is 4.57 Å². The van der Waals surface area contributed by atoms with Gasteiger partial charge in [-0.15, -0.1) is 11.3 Å². The average molecular weight is 295 g/mol. The minimum absolute atomic E-state index is 0.214. The maximum Gasteiger partial charge on any atom is 0.372 e. The number of esters is 1. The van der Waals surface area contributed by atoms with E-state index in [-0.39, 0.29) is 12.5 Å². The van der Waals surface area contributed by atoms with Crippen LogP contribution in [0.1, 0.15) is 10.6 Å². The van der Waals surface area contributed by atoms with Crippen LogP contribution in [0.5, 0.6) is 0 Å². The van der Waals surface area contributed by atoms with Crippen molar-refractivity contribution >= 4 is 17.3 Å². The van der Waals surface area contributed by atoms with Gasteiger partial charge in [-0.2, -0.15) is 4.57 Å². The molecule has 0 atom stereocenters. The molecule has 0 radical (unpaired) electrons. The molecule has 2 aromatic rings. The Bertz CT molecular complexity index is 514. The zero-order valence-electron chi connectivity index (χ0n) is 11.7. The lowest BCUT2D eigenvalue weighted by atomic mass is 10.3. The van der Waals surface area contributed by atoms with Gasteiger partial charge >= 0.3 is 5.97 Å². The quantitative estimate of drug-likeness (QED) is 0.663. The molecule has 0 aliphatic heterocycles. The second-order valence-corrected chi connectivity index (χ2v) is 4.82. The third-order valence-corrected chi connectivity index (χ3v) is 3.52. The number of pyridine rings is 1. The van der Waals surface area contributed by atoms with Gasteiger partial charge in [-0.25, -0.2) is 9.78 Å². The zero-order chi connectivity index (χ0) is 14.8. The molecule has 1 N–H and O–H groups in total. The van der Waals surface area contributed by atoms with Crippen LogP contribution in [0, 0.1) is 6.92 Å². The lowest BCUT2D eigenvalue weighted by Crippen LogP contribution is -2.37. The summed E-state index contributed by atoms with van der Waals surface area (Å²) in [6.07, 6.45) is 4.42. The Morgan fingerprint density at radius 1 is 1.35 bits per heavy atom. The predicted molar refractivity (Wildman–Crippen MR) is 76.3 cm³/mol. The van der Waals surface area contributed by atoms with Crippen LogP contribution in [0.3, 0.4) is 0 Å². The molecular formula is C14H19N2O3S+. The molecule has 108 valence electrons. The highest BCUT2D eigenvalue weighted by Crippen LogP contribution is 2.12. The van der Waals surface area contributed by atoms with Crippen LogP contribution in [-0.4, -0.2) is 29.8 Å². The van der Waals surface area contributed by atoms with Crippen LogP contribution in [0.15, 0.2) is 36.1 Å². The third kappa shape index (κ3) is 5.46. The van der Waals surface area contributed by atoms with Crippen LogP contribution in [0.2, 0.25) is 0 Å². The first kappa shape index (κ1) is 16.3. The number of aryl methyl sites for hydroxylation is 1. The standard InChI is InChI=1S/C13H15N2O2S.CH4O/c1-11-12(18-10-14-11)5-8-17-13(16)9-15-6-3-2-4-7-15;1-2/h2-4,6-7,10H,5,8-9H2,1H3;2H,1H3/q+1;. The number of aromatic nitrogens is 2. The first-order chi connectivity index (χ1) is 9.75. The normalized spacial score (nSPS) is 9.55. The third-order valence-electron chi connectivity index (χ3n) is 2.53. The number of aliphatic hydroxyl groups is 1. The number of nitrogens with zero attached hydrogens (tertiary/aromatic N) is 2. The smallest absolute Gasteiger partial charge is 0.372 e. The van der Waals surface area contributed by atoms with Gasteiger partial charge in [0.25, 0.3) is 0 Å². The molecule has 0 spiro atoms. The van der Waals surface area contributed by atoms with Crippen molar-refractivity contribution in [1.82, 2.24) is 4.98 Å². The van der Waals surface area contributed by atoms with Crippen molar-refractivity contribution in [3.05, 3.63) is 46.7 Å². The Morgan fingerprint density at radius 3 is 2.65 bits per heavy atom. The van der Waals surface area contributed by atoms with Crippen molar-refractivity contribution in [2.75, 3.05) is 13.7 Å². The summed E-state index contributed by atoms with van der Waals surface area (Å²) in [4.78, 5) is 16.9. The summed E-state index contributed by atoms with van der Waals surface area (Å²) < 4.78 is 6.99. The highest BCUT2D eigenvalue weighted by Gasteiger charge is 2.10. The number of carbonyl (C=O) groups excluding carboxylic acids is 1. The van der Waals surface area contributed by atoms with Gasteiger partial charge in [-0.1, -0.05) is 6.07 Å². The topological polar surface area (TPSA) is 63.3 Å². The SMILES string of the molecule is CO.Cc1ncsc1CCOC(=O)C[n+]1ccccc1. The number of aliphatic hydroxyl groups excluding tert-OH is 1. The van der Waals surface area contributed by atoms with Gasteiger partial charge in [-0.3, -0.25) is 0 Å². The Morgan fingerprint density at radius 2 is 2.05 bits per heavy atom. The largest absolute Gasteiger partial charge is 0.461 e. The molecule has 6 heteroatoms. The number of rotatable bonds is 5. The fraction of sp³-hybridized carbons (Fsp3) is 0.357. The van der Waals surface area contributed by atoms with Gasteiger partial charge in [0.15, 0.2) is 12.4 Å². The van der Waals surface area contributed by atoms with Crippen molar-refractivity contribution in [1.29, 1.82) is 0 Å². The van der Waals surface area contributed by atoms with Crippen molar-refractivity contribution in [3.63, 3.8) is 0 Å². The molecular weight excluding hydrogens is 276 g/mol. The minimum Gasteiger partial charge on any atom is -0.461 e. The molecule has 0 saturated heterocycles. The number of carbonyl (C=O) groups is 1. The molecule has 0 fully saturated rings. The molecule has 2 rings (SSSR count). The molecule has 0 saturated carbocycles. The van der Waals surface area contributed by atoms with E-state index in [4.69, 9.17) is 9.84 Å². The first-order valence-corrected chi connectivity index (χ1v) is 7.07. The summed E-state index contributed by atoms with van der Waals surface area (Å²) in [6.45, 7) is 2.63. The summed E-state index contributed by atoms with van der Waals surface area (Å²) in [5.41, 5.74) is 2.83. The summed E-state index contributed by atoms with van der Waals surface area (Å²) >= 11 is 1.60. The second-order valence-electron chi connectivity index (χ2n) is 3.88. The van der Waals surface area contributed by atoms with Crippen molar-refractivity contribution in [2.24, 2.45) is 0 Å². The molecule has 2 heterocycles. The number of thiazole rings is 1. The average Bonchev–Trinajstić information content (AvgIpc) is 2.88. The Balaban J connectivity index is 0.000000956. The van der Waals surface area contributed by atoms with Gasteiger partial charge in [0, 0.05) is 30.5 Å². The number of hydrogen-bond donors (Lipinski definition) is 1. The predicted octanol–water partition coefficient (Wildman–Crippen LogP) is 1.13. The summed E-state index contributed by atoms with van der Waals surface area (Å²) in [6, 6.07) is 5.68. The van der Waals surface area contributed by atoms with Crippen molar-refractivity contribution in [2.45, 2.75) is 19.9 Å². The Kier molecular flexibility index (Phi) is 7.46. The van der Waals surface area contributed by atoms with E-state index in [0.717, 1.165) is 19.2 Å². The van der Waals surface area contributed by atoms with E-state index in [1.165, 1.54) is 4.88 Å². The van der Waals surface area contributed by atoms with Crippen LogP contribution in [0.25, 0.3) is 0 Å². The van der Waals surface area contributed by atoms with Gasteiger partial charge in [0.2, 0.25) is 6.54 Å². The Hall–Kier alpha value is -1.79. The van der Waals surface area contributed by atoms with E-state index < -0.39 is 0 Å². The zero-order valence-corrected chi connectivity index (χ0v) is 12.5. The monoisotopic (exact) mass is 295 g/mol. The van der Waals surface area contributed by atoms with Gasteiger partial charge in [0.1, 0.15) is 0 Å². The molecule has 0 amide bonds. The summed E-state index contributed by atoms with van der Waals surface area (Å²) in [7, 11) is 1.00. The fourth-order valence-electron chi connectivity index (χ4n) is 1.56. The highest BCUT2D eigenvalue weighted by molar-refractivity contribution is 7.09. The number of hydrogen-bond acceptors (Lipinski definition) is 5. The van der Waals surface area contributed by atoms with E-state index >= 15 is 0 Å². The van der Waals surface area contributed by atoms with Gasteiger partial charge in [-0.05, 0) is 6.92 Å². The van der Waals surface area contributed by atoms with E-state index in [1.54, 1.807) is 15.9 Å². The molecule has 2 aromatic heterocycles. The van der Waals surface area contributed by atoms with Crippen LogP contribution in [-0.2, 0) is 22.5 Å². The molecule has 20 heavy (non-hydrogen) atoms. The minimum atomic E-state index is -0.214. The number of ether oxygens (including phenoxy) is 1. The Labute approximate surface area is 122 Å². The maximum atomic E-state index is 11.6. The lowest BCUT2D eigenvalue weighted by Gasteiger charge is -2.02. The first-order valence-electron chi connectivity index (χ1n) is 6.19. The molecule has 5 nitrogen and oxygen atoms in total. The van der Waals surface area contributed by atoms with Crippen LogP contribution in [0.4, 0.5) is 0 Å². The van der Waals surface area contributed by atoms with Gasteiger partial charge in [0.05, 0.1) is 17.8 Å². The second kappa shape index (κ2) is 9.17. The van der Waals surface area contributed by atoms with Crippen LogP contribution >= 0.6 is 11.3 Å². The van der Waals surface area contributed by atoms with Crippen molar-refractivity contribution in [3.8, 4) is 0 Å². The van der Waals surface area contributed by atoms with E-state index in [0.29, 0.717) is 6.61 Å². The molecule has 0 aliphatic rings. The molecule has 0 unspecified atom stereocenters. The van der Waals surface area contributed by atoms with E-state index in [2.05, 4.69) is 4.98 Å². The molecule has 0 bridgehead atoms. The van der Waals surface area contributed by atoms with E-state index in [1.807, 2.05) is 43.0 Å². The summed E-state index contributed by atoms with van der Waals surface area (Å²) in [5.74, 6) is -0.214. The van der Waals surface area contributed by atoms with Crippen molar-refractivity contribution < 1.29 is 19.2 Å². The van der Waals surface area contributed by atoms with Gasteiger partial charge < -0.3 is 9.84 Å². The maximum absolute atomic E-state index is 11.6. The molecule has 0 aliphatic carbocycles. The highest BCUT2D eigenvalue weighted by atomic mass is 32.1. The lowest BCUT2D eigenvalue weighted by molar-refractivity contribution is -0.686. The van der Waals surface area contributed by atoms with E-state index in [9.17, 15) is 4.79 Å². The fourth-order valence-corrected chi connectivity index (χ4v) is 2.32.